The molecule has 0 spiro atoms. The summed E-state index contributed by atoms with van der Waals surface area (Å²) in [6, 6.07) is 14.0. The summed E-state index contributed by atoms with van der Waals surface area (Å²) in [5, 5.41) is 3.15. The molecular formula is C20H20ClN3O2S2. The third-order valence-electron chi connectivity index (χ3n) is 4.25. The first-order chi connectivity index (χ1) is 13.5. The van der Waals surface area contributed by atoms with Crippen molar-refractivity contribution in [3.8, 4) is 0 Å². The molecule has 2 amide bonds. The molecule has 146 valence electrons. The molecule has 0 aliphatic carbocycles. The SMILES string of the molecule is CSCCC(NC(=O)c1ccccc1Cl)C(=O)N=c1sc2ccccc2n1C. The van der Waals surface area contributed by atoms with E-state index in [0.29, 0.717) is 21.8 Å². The lowest BCUT2D eigenvalue weighted by Crippen LogP contribution is -2.41. The Bertz CT molecular complexity index is 1070. The minimum Gasteiger partial charge on any atom is -0.340 e. The lowest BCUT2D eigenvalue weighted by molar-refractivity contribution is -0.119. The predicted molar refractivity (Wildman–Crippen MR) is 117 cm³/mol. The number of para-hydroxylation sites is 1. The summed E-state index contributed by atoms with van der Waals surface area (Å²) in [7, 11) is 1.88. The molecule has 0 fully saturated rings. The topological polar surface area (TPSA) is 63.5 Å². The highest BCUT2D eigenvalue weighted by Crippen LogP contribution is 2.17. The number of carbonyl (C=O) groups excluding carboxylic acids is 2. The average Bonchev–Trinajstić information content (AvgIpc) is 3.01. The second-order valence-electron chi connectivity index (χ2n) is 6.15. The smallest absolute Gasteiger partial charge is 0.270 e. The van der Waals surface area contributed by atoms with Gasteiger partial charge in [-0.25, -0.2) is 0 Å². The number of benzene rings is 2. The highest BCUT2D eigenvalue weighted by molar-refractivity contribution is 7.98. The van der Waals surface area contributed by atoms with E-state index in [1.165, 1.54) is 11.3 Å². The van der Waals surface area contributed by atoms with Gasteiger partial charge in [0.1, 0.15) is 6.04 Å². The molecule has 1 aromatic heterocycles. The van der Waals surface area contributed by atoms with E-state index in [4.69, 9.17) is 11.6 Å². The maximum Gasteiger partial charge on any atom is 0.270 e. The van der Waals surface area contributed by atoms with Crippen LogP contribution in [0.15, 0.2) is 53.5 Å². The zero-order valence-electron chi connectivity index (χ0n) is 15.5. The first-order valence-corrected chi connectivity index (χ1v) is 11.3. The molecule has 8 heteroatoms. The molecular weight excluding hydrogens is 414 g/mol. The highest BCUT2D eigenvalue weighted by Gasteiger charge is 2.22. The molecule has 1 heterocycles. The minimum atomic E-state index is -0.707. The van der Waals surface area contributed by atoms with Crippen LogP contribution in [-0.2, 0) is 11.8 Å². The summed E-state index contributed by atoms with van der Waals surface area (Å²) >= 11 is 9.17. The van der Waals surface area contributed by atoms with Gasteiger partial charge < -0.3 is 9.88 Å². The molecule has 1 unspecified atom stereocenters. The summed E-state index contributed by atoms with van der Waals surface area (Å²) in [4.78, 5) is 30.4. The van der Waals surface area contributed by atoms with Gasteiger partial charge in [0.25, 0.3) is 11.8 Å². The molecule has 0 saturated heterocycles. The fourth-order valence-electron chi connectivity index (χ4n) is 2.73. The number of hydrogen-bond donors (Lipinski definition) is 1. The normalized spacial score (nSPS) is 12.9. The first kappa shape index (κ1) is 20.6. The number of amides is 2. The van der Waals surface area contributed by atoms with Gasteiger partial charge in [-0.2, -0.15) is 16.8 Å². The fourth-order valence-corrected chi connectivity index (χ4v) is 4.45. The Morgan fingerprint density at radius 2 is 1.93 bits per heavy atom. The third-order valence-corrected chi connectivity index (χ3v) is 6.34. The number of aromatic nitrogens is 1. The van der Waals surface area contributed by atoms with Crippen LogP contribution in [0.4, 0.5) is 0 Å². The maximum atomic E-state index is 12.9. The molecule has 0 bridgehead atoms. The van der Waals surface area contributed by atoms with E-state index in [1.807, 2.05) is 42.1 Å². The van der Waals surface area contributed by atoms with Gasteiger partial charge in [0, 0.05) is 7.05 Å². The van der Waals surface area contributed by atoms with Crippen LogP contribution in [0.5, 0.6) is 0 Å². The van der Waals surface area contributed by atoms with E-state index >= 15 is 0 Å². The molecule has 1 atom stereocenters. The lowest BCUT2D eigenvalue weighted by atomic mass is 10.1. The van der Waals surface area contributed by atoms with Crippen molar-refractivity contribution in [2.24, 2.45) is 12.0 Å². The second-order valence-corrected chi connectivity index (χ2v) is 8.55. The Morgan fingerprint density at radius 1 is 1.21 bits per heavy atom. The van der Waals surface area contributed by atoms with Crippen LogP contribution in [0.3, 0.4) is 0 Å². The Kier molecular flexibility index (Phi) is 6.93. The highest BCUT2D eigenvalue weighted by atomic mass is 35.5. The van der Waals surface area contributed by atoms with Gasteiger partial charge in [-0.1, -0.05) is 47.2 Å². The molecule has 2 aromatic carbocycles. The molecule has 3 rings (SSSR count). The summed E-state index contributed by atoms with van der Waals surface area (Å²) < 4.78 is 2.94. The number of nitrogens with zero attached hydrogens (tertiary/aromatic N) is 2. The predicted octanol–water partition coefficient (Wildman–Crippen LogP) is 3.87. The second kappa shape index (κ2) is 9.41. The van der Waals surface area contributed by atoms with Gasteiger partial charge in [0.15, 0.2) is 4.80 Å². The largest absolute Gasteiger partial charge is 0.340 e. The Morgan fingerprint density at radius 3 is 2.64 bits per heavy atom. The Hall–Kier alpha value is -2.09. The van der Waals surface area contributed by atoms with Gasteiger partial charge >= 0.3 is 0 Å². The molecule has 0 aliphatic heterocycles. The number of nitrogens with one attached hydrogen (secondary N) is 1. The maximum absolute atomic E-state index is 12.9. The van der Waals surface area contributed by atoms with E-state index < -0.39 is 6.04 Å². The number of aryl methyl sites for hydroxylation is 1. The van der Waals surface area contributed by atoms with Crippen LogP contribution in [0.25, 0.3) is 10.2 Å². The van der Waals surface area contributed by atoms with Crippen LogP contribution in [0, 0.1) is 0 Å². The van der Waals surface area contributed by atoms with Crippen LogP contribution < -0.4 is 10.1 Å². The minimum absolute atomic E-state index is 0.346. The molecule has 0 radical (unpaired) electrons. The van der Waals surface area contributed by atoms with Crippen LogP contribution in [0.2, 0.25) is 5.02 Å². The number of thioether (sulfide) groups is 1. The Labute approximate surface area is 176 Å². The van der Waals surface area contributed by atoms with Crippen molar-refractivity contribution in [1.82, 2.24) is 9.88 Å². The van der Waals surface area contributed by atoms with E-state index in [1.54, 1.807) is 36.0 Å². The Balaban J connectivity index is 1.88. The number of rotatable bonds is 6. The van der Waals surface area contributed by atoms with Crippen molar-refractivity contribution >= 4 is 56.7 Å². The van der Waals surface area contributed by atoms with E-state index in [-0.39, 0.29) is 11.8 Å². The molecule has 28 heavy (non-hydrogen) atoms. The van der Waals surface area contributed by atoms with E-state index in [0.717, 1.165) is 16.0 Å². The fraction of sp³-hybridized carbons (Fsp3) is 0.250. The van der Waals surface area contributed by atoms with E-state index in [2.05, 4.69) is 10.3 Å². The average molecular weight is 434 g/mol. The quantitative estimate of drug-likeness (QED) is 0.641. The molecule has 5 nitrogen and oxygen atoms in total. The summed E-state index contributed by atoms with van der Waals surface area (Å²) in [5.41, 5.74) is 1.36. The van der Waals surface area contributed by atoms with E-state index in [9.17, 15) is 9.59 Å². The zero-order chi connectivity index (χ0) is 20.1. The number of thiazole rings is 1. The monoisotopic (exact) mass is 433 g/mol. The van der Waals surface area contributed by atoms with Gasteiger partial charge in [0.05, 0.1) is 20.8 Å². The molecule has 1 N–H and O–H groups in total. The molecule has 0 saturated carbocycles. The number of carbonyl (C=O) groups is 2. The molecule has 3 aromatic rings. The molecule has 0 aliphatic rings. The van der Waals surface area contributed by atoms with Crippen molar-refractivity contribution < 1.29 is 9.59 Å². The van der Waals surface area contributed by atoms with Gasteiger partial charge in [-0.15, -0.1) is 0 Å². The van der Waals surface area contributed by atoms with Crippen LogP contribution in [0.1, 0.15) is 16.8 Å². The van der Waals surface area contributed by atoms with Gasteiger partial charge in [-0.3, -0.25) is 9.59 Å². The van der Waals surface area contributed by atoms with Crippen molar-refractivity contribution in [3.63, 3.8) is 0 Å². The van der Waals surface area contributed by atoms with Crippen molar-refractivity contribution in [3.05, 3.63) is 63.9 Å². The first-order valence-electron chi connectivity index (χ1n) is 8.68. The number of hydrogen-bond acceptors (Lipinski definition) is 4. The van der Waals surface area contributed by atoms with Crippen molar-refractivity contribution in [2.75, 3.05) is 12.0 Å². The third kappa shape index (κ3) is 4.66. The zero-order valence-corrected chi connectivity index (χ0v) is 17.9. The van der Waals surface area contributed by atoms with Crippen molar-refractivity contribution in [1.29, 1.82) is 0 Å². The van der Waals surface area contributed by atoms with Crippen LogP contribution >= 0.6 is 34.7 Å². The van der Waals surface area contributed by atoms with Crippen molar-refractivity contribution in [2.45, 2.75) is 12.5 Å². The number of fused-ring (bicyclic) bond motifs is 1. The standard InChI is InChI=1S/C20H20ClN3O2S2/c1-24-16-9-5-6-10-17(16)28-20(24)23-19(26)15(11-12-27-2)22-18(25)13-7-3-4-8-14(13)21/h3-10,15H,11-12H2,1-2H3,(H,22,25). The summed E-state index contributed by atoms with van der Waals surface area (Å²) in [6.45, 7) is 0. The van der Waals surface area contributed by atoms with Gasteiger partial charge in [0.2, 0.25) is 0 Å². The number of halogens is 1. The van der Waals surface area contributed by atoms with Crippen LogP contribution in [-0.4, -0.2) is 34.4 Å². The lowest BCUT2D eigenvalue weighted by Gasteiger charge is -2.15. The van der Waals surface area contributed by atoms with Gasteiger partial charge in [-0.05, 0) is 42.7 Å². The summed E-state index contributed by atoms with van der Waals surface area (Å²) in [6.07, 6.45) is 2.45. The summed E-state index contributed by atoms with van der Waals surface area (Å²) in [5.74, 6) is -0.00892.